The highest BCUT2D eigenvalue weighted by Crippen LogP contribution is 2.26. The van der Waals surface area contributed by atoms with Crippen LogP contribution in [0.2, 0.25) is 0 Å². The number of methoxy groups -OCH3 is 1. The van der Waals surface area contributed by atoms with Crippen LogP contribution in [0.1, 0.15) is 16.5 Å². The van der Waals surface area contributed by atoms with Gasteiger partial charge in [0.1, 0.15) is 6.04 Å². The molecule has 1 atom stereocenters. The van der Waals surface area contributed by atoms with E-state index in [2.05, 4.69) is 21.2 Å². The maximum atomic E-state index is 11.8. The van der Waals surface area contributed by atoms with Crippen LogP contribution < -0.4 is 5.32 Å². The number of carbonyl (C=O) groups excluding carboxylic acids is 1. The first-order chi connectivity index (χ1) is 9.20. The van der Waals surface area contributed by atoms with Gasteiger partial charge < -0.3 is 4.74 Å². The van der Waals surface area contributed by atoms with E-state index < -0.39 is 6.04 Å². The molecule has 19 heavy (non-hydrogen) atoms. The van der Waals surface area contributed by atoms with Crippen LogP contribution in [0.4, 0.5) is 0 Å². The molecule has 2 aromatic rings. The maximum Gasteiger partial charge on any atom is 0.328 e. The molecule has 0 aliphatic rings. The normalized spacial score (nSPS) is 12.1. The number of esters is 1. The zero-order valence-corrected chi connectivity index (χ0v) is 12.8. The summed E-state index contributed by atoms with van der Waals surface area (Å²) in [5, 5.41) is 5.19. The Morgan fingerprint density at radius 3 is 2.74 bits per heavy atom. The fourth-order valence-corrected chi connectivity index (χ4v) is 3.22. The van der Waals surface area contributed by atoms with E-state index >= 15 is 0 Å². The largest absolute Gasteiger partial charge is 0.468 e. The average Bonchev–Trinajstić information content (AvgIpc) is 2.86. The molecule has 0 bridgehead atoms. The lowest BCUT2D eigenvalue weighted by Gasteiger charge is -2.15. The molecule has 0 amide bonds. The summed E-state index contributed by atoms with van der Waals surface area (Å²) in [7, 11) is 1.40. The second kappa shape index (κ2) is 6.84. The molecule has 1 heterocycles. The van der Waals surface area contributed by atoms with Crippen molar-refractivity contribution in [2.45, 2.75) is 12.6 Å². The second-order valence-electron chi connectivity index (χ2n) is 3.99. The summed E-state index contributed by atoms with van der Waals surface area (Å²) in [4.78, 5) is 12.8. The summed E-state index contributed by atoms with van der Waals surface area (Å²) in [6.07, 6.45) is 0. The molecule has 2 rings (SSSR count). The van der Waals surface area contributed by atoms with Gasteiger partial charge in [-0.3, -0.25) is 5.32 Å². The summed E-state index contributed by atoms with van der Waals surface area (Å²) in [6, 6.07) is 11.5. The number of halogens is 1. The third-order valence-corrected chi connectivity index (χ3v) is 4.42. The summed E-state index contributed by atoms with van der Waals surface area (Å²) in [5.74, 6) is -0.273. The monoisotopic (exact) mass is 339 g/mol. The minimum atomic E-state index is -0.429. The molecule has 0 saturated carbocycles. The summed E-state index contributed by atoms with van der Waals surface area (Å²) >= 11 is 4.92. The molecular formula is C14H14BrNO2S. The summed E-state index contributed by atoms with van der Waals surface area (Å²) < 4.78 is 5.83. The zero-order chi connectivity index (χ0) is 13.7. The molecule has 3 nitrogen and oxygen atoms in total. The van der Waals surface area contributed by atoms with Gasteiger partial charge in [0.2, 0.25) is 0 Å². The van der Waals surface area contributed by atoms with E-state index in [1.807, 2.05) is 41.8 Å². The van der Waals surface area contributed by atoms with E-state index in [4.69, 9.17) is 4.74 Å². The van der Waals surface area contributed by atoms with Gasteiger partial charge in [-0.05, 0) is 27.6 Å². The number of rotatable bonds is 5. The Bertz CT molecular complexity index is 541. The maximum absolute atomic E-state index is 11.8. The molecule has 0 spiro atoms. The van der Waals surface area contributed by atoms with E-state index in [0.29, 0.717) is 6.54 Å². The molecule has 1 aromatic heterocycles. The van der Waals surface area contributed by atoms with E-state index in [0.717, 1.165) is 14.9 Å². The van der Waals surface area contributed by atoms with E-state index in [1.54, 1.807) is 0 Å². The van der Waals surface area contributed by atoms with Crippen LogP contribution in [0.5, 0.6) is 0 Å². The number of hydrogen-bond donors (Lipinski definition) is 1. The highest BCUT2D eigenvalue weighted by molar-refractivity contribution is 9.10. The van der Waals surface area contributed by atoms with Crippen molar-refractivity contribution in [3.05, 3.63) is 56.7 Å². The van der Waals surface area contributed by atoms with Crippen LogP contribution in [0.25, 0.3) is 0 Å². The first-order valence-electron chi connectivity index (χ1n) is 5.80. The van der Waals surface area contributed by atoms with Crippen LogP contribution >= 0.6 is 27.3 Å². The van der Waals surface area contributed by atoms with Crippen LogP contribution in [0, 0.1) is 0 Å². The molecule has 100 valence electrons. The predicted molar refractivity (Wildman–Crippen MR) is 80.1 cm³/mol. The Hall–Kier alpha value is -1.17. The quantitative estimate of drug-likeness (QED) is 0.847. The molecule has 0 aliphatic heterocycles. The minimum absolute atomic E-state index is 0.273. The van der Waals surface area contributed by atoms with Crippen molar-refractivity contribution in [2.75, 3.05) is 7.11 Å². The fraction of sp³-hybridized carbons (Fsp3) is 0.214. The Morgan fingerprint density at radius 2 is 2.16 bits per heavy atom. The van der Waals surface area contributed by atoms with Gasteiger partial charge >= 0.3 is 5.97 Å². The van der Waals surface area contributed by atoms with Gasteiger partial charge in [0, 0.05) is 21.3 Å². The molecule has 0 aliphatic carbocycles. The molecular weight excluding hydrogens is 326 g/mol. The third-order valence-electron chi connectivity index (χ3n) is 2.66. The van der Waals surface area contributed by atoms with Crippen LogP contribution in [0.3, 0.4) is 0 Å². The highest BCUT2D eigenvalue weighted by Gasteiger charge is 2.22. The lowest BCUT2D eigenvalue weighted by molar-refractivity contribution is -0.143. The smallest absolute Gasteiger partial charge is 0.328 e. The summed E-state index contributed by atoms with van der Waals surface area (Å²) in [6.45, 7) is 0.621. The van der Waals surface area contributed by atoms with Crippen molar-refractivity contribution in [3.63, 3.8) is 0 Å². The van der Waals surface area contributed by atoms with Gasteiger partial charge in [0.05, 0.1) is 7.11 Å². The zero-order valence-electron chi connectivity index (χ0n) is 10.4. The Morgan fingerprint density at radius 1 is 1.42 bits per heavy atom. The molecule has 1 N–H and O–H groups in total. The lowest BCUT2D eigenvalue weighted by atomic mass is 10.2. The number of thiophene rings is 1. The van der Waals surface area contributed by atoms with E-state index in [-0.39, 0.29) is 5.97 Å². The molecule has 1 aromatic carbocycles. The fourth-order valence-electron chi connectivity index (χ4n) is 1.71. The molecule has 0 fully saturated rings. The van der Waals surface area contributed by atoms with Gasteiger partial charge in [-0.1, -0.05) is 30.3 Å². The van der Waals surface area contributed by atoms with Crippen molar-refractivity contribution >= 4 is 33.2 Å². The molecule has 0 saturated heterocycles. The van der Waals surface area contributed by atoms with Crippen molar-refractivity contribution in [2.24, 2.45) is 0 Å². The second-order valence-corrected chi connectivity index (χ2v) is 5.85. The van der Waals surface area contributed by atoms with Crippen LogP contribution in [0.15, 0.2) is 46.3 Å². The Balaban J connectivity index is 2.09. The van der Waals surface area contributed by atoms with Gasteiger partial charge in [0.25, 0.3) is 0 Å². The first kappa shape index (κ1) is 14.2. The average molecular weight is 340 g/mol. The van der Waals surface area contributed by atoms with Crippen LogP contribution in [-0.4, -0.2) is 13.1 Å². The van der Waals surface area contributed by atoms with Gasteiger partial charge in [-0.2, -0.15) is 0 Å². The minimum Gasteiger partial charge on any atom is -0.468 e. The topological polar surface area (TPSA) is 38.3 Å². The van der Waals surface area contributed by atoms with Crippen molar-refractivity contribution in [3.8, 4) is 0 Å². The van der Waals surface area contributed by atoms with Crippen molar-refractivity contribution in [1.82, 2.24) is 5.32 Å². The lowest BCUT2D eigenvalue weighted by Crippen LogP contribution is -2.28. The standard InChI is InChI=1S/C14H14BrNO2S/c1-18-14(17)13(12-7-11(15)9-19-12)16-8-10-5-3-2-4-6-10/h2-7,9,13,16H,8H2,1H3. The number of hydrogen-bond acceptors (Lipinski definition) is 4. The number of carbonyl (C=O) groups is 1. The highest BCUT2D eigenvalue weighted by atomic mass is 79.9. The molecule has 1 unspecified atom stereocenters. The third kappa shape index (κ3) is 3.89. The Labute approximate surface area is 124 Å². The number of ether oxygens (including phenoxy) is 1. The SMILES string of the molecule is COC(=O)C(NCc1ccccc1)c1cc(Br)cs1. The van der Waals surface area contributed by atoms with E-state index in [1.165, 1.54) is 18.4 Å². The molecule has 0 radical (unpaired) electrons. The molecule has 5 heteroatoms. The first-order valence-corrected chi connectivity index (χ1v) is 7.47. The van der Waals surface area contributed by atoms with Gasteiger partial charge in [-0.15, -0.1) is 11.3 Å². The predicted octanol–water partition coefficient (Wildman–Crippen LogP) is 3.51. The van der Waals surface area contributed by atoms with Crippen molar-refractivity contribution < 1.29 is 9.53 Å². The van der Waals surface area contributed by atoms with Crippen molar-refractivity contribution in [1.29, 1.82) is 0 Å². The van der Waals surface area contributed by atoms with Gasteiger partial charge in [0.15, 0.2) is 0 Å². The van der Waals surface area contributed by atoms with Crippen LogP contribution in [-0.2, 0) is 16.1 Å². The van der Waals surface area contributed by atoms with Gasteiger partial charge in [-0.25, -0.2) is 4.79 Å². The Kier molecular flexibility index (Phi) is 5.13. The van der Waals surface area contributed by atoms with E-state index in [9.17, 15) is 4.79 Å². The number of benzene rings is 1. The summed E-state index contributed by atoms with van der Waals surface area (Å²) in [5.41, 5.74) is 1.13. The number of nitrogens with one attached hydrogen (secondary N) is 1.